The number of carbonyl (C=O) groups excluding carboxylic acids is 1. The Bertz CT molecular complexity index is 456. The van der Waals surface area contributed by atoms with Gasteiger partial charge in [-0.15, -0.1) is 0 Å². The molecule has 0 unspecified atom stereocenters. The van der Waals surface area contributed by atoms with Gasteiger partial charge in [-0.2, -0.15) is 0 Å². The van der Waals surface area contributed by atoms with E-state index in [2.05, 4.69) is 22.1 Å². The van der Waals surface area contributed by atoms with Gasteiger partial charge < -0.3 is 15.4 Å². The van der Waals surface area contributed by atoms with Crippen molar-refractivity contribution in [2.45, 2.75) is 6.92 Å². The zero-order valence-corrected chi connectivity index (χ0v) is 8.56. The second-order valence-electron chi connectivity index (χ2n) is 2.87. The first-order chi connectivity index (χ1) is 7.59. The normalized spacial score (nSPS) is 8.81. The van der Waals surface area contributed by atoms with Crippen LogP contribution in [0.4, 0.5) is 5.82 Å². The Morgan fingerprint density at radius 2 is 2.38 bits per heavy atom. The summed E-state index contributed by atoms with van der Waals surface area (Å²) in [4.78, 5) is 23.8. The Hall–Kier alpha value is -2.42. The Balaban J connectivity index is 2.61. The summed E-state index contributed by atoms with van der Waals surface area (Å²) in [7, 11) is 0. The summed E-state index contributed by atoms with van der Waals surface area (Å²) < 4.78 is 0. The van der Waals surface area contributed by atoms with E-state index in [0.717, 1.165) is 0 Å². The molecular formula is C10H9N3O3. The minimum absolute atomic E-state index is 0.156. The second-order valence-corrected chi connectivity index (χ2v) is 2.87. The third kappa shape index (κ3) is 3.75. The van der Waals surface area contributed by atoms with Gasteiger partial charge in [-0.05, 0) is 16.0 Å². The van der Waals surface area contributed by atoms with Gasteiger partial charge >= 0.3 is 5.82 Å². The number of nitrogens with one attached hydrogen (secondary N) is 1. The largest absolute Gasteiger partial charge is 0.363 e. The van der Waals surface area contributed by atoms with Crippen LogP contribution < -0.4 is 5.32 Å². The number of nitrogens with zero attached hydrogens (tertiary/aromatic N) is 2. The third-order valence-corrected chi connectivity index (χ3v) is 1.59. The first kappa shape index (κ1) is 11.7. The Morgan fingerprint density at radius 1 is 1.62 bits per heavy atom. The Kier molecular flexibility index (Phi) is 3.98. The summed E-state index contributed by atoms with van der Waals surface area (Å²) in [6.07, 6.45) is 1.32. The molecule has 0 aromatic carbocycles. The van der Waals surface area contributed by atoms with Crippen LogP contribution in [0, 0.1) is 22.0 Å². The molecule has 82 valence electrons. The highest BCUT2D eigenvalue weighted by atomic mass is 16.6. The fourth-order valence-corrected chi connectivity index (χ4v) is 0.883. The average Bonchev–Trinajstić information content (AvgIpc) is 2.25. The van der Waals surface area contributed by atoms with E-state index >= 15 is 0 Å². The molecule has 0 saturated heterocycles. The zero-order chi connectivity index (χ0) is 12.0. The average molecular weight is 219 g/mol. The van der Waals surface area contributed by atoms with Gasteiger partial charge in [0.25, 0.3) is 0 Å². The predicted octanol–water partition coefficient (Wildman–Crippen LogP) is 0.477. The zero-order valence-electron chi connectivity index (χ0n) is 8.56. The van der Waals surface area contributed by atoms with Crippen molar-refractivity contribution in [2.75, 3.05) is 6.54 Å². The van der Waals surface area contributed by atoms with Gasteiger partial charge in [-0.3, -0.25) is 4.79 Å². The molecule has 0 aliphatic carbocycles. The molecule has 6 nitrogen and oxygen atoms in total. The molecule has 16 heavy (non-hydrogen) atoms. The summed E-state index contributed by atoms with van der Waals surface area (Å²) in [6, 6.07) is 2.79. The summed E-state index contributed by atoms with van der Waals surface area (Å²) >= 11 is 0. The minimum atomic E-state index is -0.575. The number of pyridine rings is 1. The fourth-order valence-electron chi connectivity index (χ4n) is 0.883. The van der Waals surface area contributed by atoms with Crippen molar-refractivity contribution in [3.05, 3.63) is 34.0 Å². The lowest BCUT2D eigenvalue weighted by Gasteiger charge is -1.92. The van der Waals surface area contributed by atoms with Gasteiger partial charge in [0.2, 0.25) is 5.91 Å². The summed E-state index contributed by atoms with van der Waals surface area (Å²) in [5, 5.41) is 12.8. The van der Waals surface area contributed by atoms with Crippen LogP contribution in [-0.4, -0.2) is 22.4 Å². The van der Waals surface area contributed by atoms with Crippen LogP contribution in [0.15, 0.2) is 18.3 Å². The van der Waals surface area contributed by atoms with Crippen molar-refractivity contribution in [1.82, 2.24) is 10.3 Å². The first-order valence-corrected chi connectivity index (χ1v) is 4.43. The standard InChI is InChI=1S/C10H9N3O3/c1-8(14)11-6-2-3-9-4-5-10(12-7-9)13(15)16/h4-5,7H,6H2,1H3,(H,11,14). The molecule has 1 aromatic rings. The maximum atomic E-state index is 10.5. The lowest BCUT2D eigenvalue weighted by Crippen LogP contribution is -2.19. The molecule has 1 aromatic heterocycles. The van der Waals surface area contributed by atoms with E-state index in [4.69, 9.17) is 0 Å². The molecule has 0 aliphatic heterocycles. The molecule has 1 rings (SSSR count). The van der Waals surface area contributed by atoms with Crippen LogP contribution in [0.1, 0.15) is 12.5 Å². The number of rotatable bonds is 2. The lowest BCUT2D eigenvalue weighted by molar-refractivity contribution is -0.389. The molecule has 1 heterocycles. The van der Waals surface area contributed by atoms with Gasteiger partial charge in [-0.1, -0.05) is 11.8 Å². The first-order valence-electron chi connectivity index (χ1n) is 4.43. The summed E-state index contributed by atoms with van der Waals surface area (Å²) in [5.41, 5.74) is 0.566. The minimum Gasteiger partial charge on any atom is -0.358 e. The van der Waals surface area contributed by atoms with Crippen LogP contribution in [0.3, 0.4) is 0 Å². The number of hydrogen-bond acceptors (Lipinski definition) is 4. The lowest BCUT2D eigenvalue weighted by atomic mass is 10.3. The molecular weight excluding hydrogens is 210 g/mol. The molecule has 0 saturated carbocycles. The van der Waals surface area contributed by atoms with Crippen LogP contribution in [0.5, 0.6) is 0 Å². The number of aromatic nitrogens is 1. The maximum absolute atomic E-state index is 10.5. The molecule has 0 fully saturated rings. The molecule has 0 bridgehead atoms. The van der Waals surface area contributed by atoms with E-state index < -0.39 is 4.92 Å². The number of hydrogen-bond donors (Lipinski definition) is 1. The Labute approximate surface area is 91.8 Å². The molecule has 0 spiro atoms. The highest BCUT2D eigenvalue weighted by Crippen LogP contribution is 2.05. The van der Waals surface area contributed by atoms with Crippen LogP contribution in [-0.2, 0) is 4.79 Å². The van der Waals surface area contributed by atoms with Crippen LogP contribution >= 0.6 is 0 Å². The molecule has 0 radical (unpaired) electrons. The van der Waals surface area contributed by atoms with Crippen molar-refractivity contribution in [3.8, 4) is 11.8 Å². The van der Waals surface area contributed by atoms with E-state index in [9.17, 15) is 14.9 Å². The molecule has 6 heteroatoms. The summed E-state index contributed by atoms with van der Waals surface area (Å²) in [6.45, 7) is 1.64. The van der Waals surface area contributed by atoms with E-state index in [1.54, 1.807) is 0 Å². The van der Waals surface area contributed by atoms with Crippen molar-refractivity contribution in [2.24, 2.45) is 0 Å². The highest BCUT2D eigenvalue weighted by molar-refractivity contribution is 5.73. The number of carbonyl (C=O) groups is 1. The predicted molar refractivity (Wildman–Crippen MR) is 56.5 cm³/mol. The summed E-state index contributed by atoms with van der Waals surface area (Å²) in [5.74, 6) is 5.03. The van der Waals surface area contributed by atoms with Crippen LogP contribution in [0.25, 0.3) is 0 Å². The van der Waals surface area contributed by atoms with Crippen LogP contribution in [0.2, 0.25) is 0 Å². The topological polar surface area (TPSA) is 85.1 Å². The molecule has 1 amide bonds. The van der Waals surface area contributed by atoms with Crippen molar-refractivity contribution in [1.29, 1.82) is 0 Å². The van der Waals surface area contributed by atoms with E-state index in [1.807, 2.05) is 0 Å². The van der Waals surface area contributed by atoms with Gasteiger partial charge in [-0.25, -0.2) is 0 Å². The smallest absolute Gasteiger partial charge is 0.358 e. The van der Waals surface area contributed by atoms with E-state index in [0.29, 0.717) is 5.56 Å². The number of nitro groups is 1. The molecule has 0 atom stereocenters. The van der Waals surface area contributed by atoms with Gasteiger partial charge in [0.15, 0.2) is 6.20 Å². The Morgan fingerprint density at radius 3 is 2.88 bits per heavy atom. The monoisotopic (exact) mass is 219 g/mol. The van der Waals surface area contributed by atoms with Crippen molar-refractivity contribution >= 4 is 11.7 Å². The van der Waals surface area contributed by atoms with Gasteiger partial charge in [0, 0.05) is 13.0 Å². The quantitative estimate of drug-likeness (QED) is 0.445. The number of amides is 1. The van der Waals surface area contributed by atoms with Gasteiger partial charge in [0.05, 0.1) is 12.1 Å². The van der Waals surface area contributed by atoms with E-state index in [-0.39, 0.29) is 18.3 Å². The van der Waals surface area contributed by atoms with Gasteiger partial charge in [0.1, 0.15) is 0 Å². The third-order valence-electron chi connectivity index (χ3n) is 1.59. The molecule has 0 aliphatic rings. The highest BCUT2D eigenvalue weighted by Gasteiger charge is 2.04. The second kappa shape index (κ2) is 5.46. The van der Waals surface area contributed by atoms with Crippen molar-refractivity contribution in [3.63, 3.8) is 0 Å². The SMILES string of the molecule is CC(=O)NCC#Cc1ccc([N+](=O)[O-])nc1. The van der Waals surface area contributed by atoms with Crippen molar-refractivity contribution < 1.29 is 9.72 Å². The fraction of sp³-hybridized carbons (Fsp3) is 0.200. The maximum Gasteiger partial charge on any atom is 0.363 e. The molecule has 1 N–H and O–H groups in total. The van der Waals surface area contributed by atoms with E-state index in [1.165, 1.54) is 25.3 Å².